The standard InChI is InChI=1S/C12H12Cl2N2O/c1-2-16-6-5-15-12(16)11(17)9-4-3-8(13)7-10(9)14/h3-7,11,17H,2H2,1H3. The monoisotopic (exact) mass is 270 g/mol. The van der Waals surface area contributed by atoms with Crippen LogP contribution in [-0.2, 0) is 6.54 Å². The van der Waals surface area contributed by atoms with Gasteiger partial charge >= 0.3 is 0 Å². The van der Waals surface area contributed by atoms with Crippen molar-refractivity contribution in [2.24, 2.45) is 0 Å². The topological polar surface area (TPSA) is 38.0 Å². The van der Waals surface area contributed by atoms with Gasteiger partial charge in [-0.25, -0.2) is 4.98 Å². The maximum atomic E-state index is 10.3. The number of imidazole rings is 1. The molecule has 0 aliphatic heterocycles. The van der Waals surface area contributed by atoms with E-state index in [1.54, 1.807) is 24.4 Å². The van der Waals surface area contributed by atoms with Gasteiger partial charge in [-0.3, -0.25) is 0 Å². The van der Waals surface area contributed by atoms with E-state index in [-0.39, 0.29) is 0 Å². The van der Waals surface area contributed by atoms with Crippen molar-refractivity contribution in [2.45, 2.75) is 19.6 Å². The third-order valence-corrected chi connectivity index (χ3v) is 3.15. The summed E-state index contributed by atoms with van der Waals surface area (Å²) in [6, 6.07) is 5.02. The lowest BCUT2D eigenvalue weighted by molar-refractivity contribution is 0.205. The van der Waals surface area contributed by atoms with Crippen LogP contribution >= 0.6 is 23.2 Å². The molecule has 17 heavy (non-hydrogen) atoms. The number of hydrogen-bond donors (Lipinski definition) is 1. The molecule has 0 fully saturated rings. The molecule has 2 aromatic rings. The summed E-state index contributed by atoms with van der Waals surface area (Å²) in [5.74, 6) is 0.580. The molecular weight excluding hydrogens is 259 g/mol. The second-order valence-electron chi connectivity index (χ2n) is 3.64. The minimum atomic E-state index is -0.838. The number of aryl methyl sites for hydroxylation is 1. The Labute approximate surface area is 110 Å². The number of benzene rings is 1. The molecule has 90 valence electrons. The van der Waals surface area contributed by atoms with Gasteiger partial charge in [0.25, 0.3) is 0 Å². The van der Waals surface area contributed by atoms with Crippen molar-refractivity contribution in [1.82, 2.24) is 9.55 Å². The Hall–Kier alpha value is -1.03. The molecule has 1 N–H and O–H groups in total. The summed E-state index contributed by atoms with van der Waals surface area (Å²) < 4.78 is 1.87. The minimum Gasteiger partial charge on any atom is -0.380 e. The van der Waals surface area contributed by atoms with Gasteiger partial charge in [-0.2, -0.15) is 0 Å². The van der Waals surface area contributed by atoms with Crippen LogP contribution in [0.2, 0.25) is 10.0 Å². The zero-order chi connectivity index (χ0) is 12.4. The van der Waals surface area contributed by atoms with Crippen LogP contribution in [-0.4, -0.2) is 14.7 Å². The van der Waals surface area contributed by atoms with Crippen molar-refractivity contribution < 1.29 is 5.11 Å². The molecule has 1 aromatic carbocycles. The second kappa shape index (κ2) is 5.08. The number of aliphatic hydroxyl groups is 1. The fraction of sp³-hybridized carbons (Fsp3) is 0.250. The number of aliphatic hydroxyl groups excluding tert-OH is 1. The molecule has 0 aliphatic rings. The number of rotatable bonds is 3. The normalized spacial score (nSPS) is 12.7. The molecular formula is C12H12Cl2N2O. The van der Waals surface area contributed by atoms with Crippen molar-refractivity contribution in [3.8, 4) is 0 Å². The van der Waals surface area contributed by atoms with Crippen LogP contribution in [0.5, 0.6) is 0 Å². The predicted octanol–water partition coefficient (Wildman–Crippen LogP) is 3.29. The summed E-state index contributed by atoms with van der Waals surface area (Å²) in [7, 11) is 0. The molecule has 3 nitrogen and oxygen atoms in total. The van der Waals surface area contributed by atoms with Crippen molar-refractivity contribution in [3.63, 3.8) is 0 Å². The van der Waals surface area contributed by atoms with E-state index in [1.807, 2.05) is 17.7 Å². The quantitative estimate of drug-likeness (QED) is 0.930. The Bertz CT molecular complexity index is 525. The average molecular weight is 271 g/mol. The van der Waals surface area contributed by atoms with E-state index in [0.29, 0.717) is 21.4 Å². The van der Waals surface area contributed by atoms with Crippen molar-refractivity contribution in [3.05, 3.63) is 52.0 Å². The van der Waals surface area contributed by atoms with Crippen molar-refractivity contribution in [2.75, 3.05) is 0 Å². The van der Waals surface area contributed by atoms with Crippen LogP contribution in [0.3, 0.4) is 0 Å². The molecule has 5 heteroatoms. The van der Waals surface area contributed by atoms with Gasteiger partial charge in [0.15, 0.2) is 0 Å². The average Bonchev–Trinajstić information content (AvgIpc) is 2.76. The van der Waals surface area contributed by atoms with Gasteiger partial charge < -0.3 is 9.67 Å². The number of nitrogens with zero attached hydrogens (tertiary/aromatic N) is 2. The maximum Gasteiger partial charge on any atom is 0.142 e. The van der Waals surface area contributed by atoms with E-state index in [4.69, 9.17) is 23.2 Å². The summed E-state index contributed by atoms with van der Waals surface area (Å²) in [5, 5.41) is 11.2. The van der Waals surface area contributed by atoms with Crippen LogP contribution in [0.1, 0.15) is 24.4 Å². The fourth-order valence-electron chi connectivity index (χ4n) is 1.70. The highest BCUT2D eigenvalue weighted by Gasteiger charge is 2.18. The van der Waals surface area contributed by atoms with Gasteiger partial charge in [-0.1, -0.05) is 29.3 Å². The van der Waals surface area contributed by atoms with Gasteiger partial charge in [-0.15, -0.1) is 0 Å². The molecule has 0 amide bonds. The maximum absolute atomic E-state index is 10.3. The third-order valence-electron chi connectivity index (χ3n) is 2.59. The first-order valence-corrected chi connectivity index (χ1v) is 6.03. The highest BCUT2D eigenvalue weighted by Crippen LogP contribution is 2.29. The van der Waals surface area contributed by atoms with E-state index >= 15 is 0 Å². The number of hydrogen-bond acceptors (Lipinski definition) is 2. The zero-order valence-electron chi connectivity index (χ0n) is 9.27. The predicted molar refractivity (Wildman–Crippen MR) is 68.4 cm³/mol. The molecule has 1 heterocycles. The van der Waals surface area contributed by atoms with Gasteiger partial charge in [0, 0.05) is 34.5 Å². The van der Waals surface area contributed by atoms with E-state index in [0.717, 1.165) is 6.54 Å². The van der Waals surface area contributed by atoms with Crippen LogP contribution in [0.15, 0.2) is 30.6 Å². The fourth-order valence-corrected chi connectivity index (χ4v) is 2.21. The summed E-state index contributed by atoms with van der Waals surface area (Å²) >= 11 is 11.9. The van der Waals surface area contributed by atoms with Crippen LogP contribution in [0.25, 0.3) is 0 Å². The third kappa shape index (κ3) is 2.46. The van der Waals surface area contributed by atoms with E-state index in [9.17, 15) is 5.11 Å². The molecule has 1 unspecified atom stereocenters. The van der Waals surface area contributed by atoms with E-state index < -0.39 is 6.10 Å². The molecule has 0 aliphatic carbocycles. The smallest absolute Gasteiger partial charge is 0.142 e. The molecule has 0 bridgehead atoms. The van der Waals surface area contributed by atoms with Crippen LogP contribution in [0, 0.1) is 0 Å². The Morgan fingerprint density at radius 1 is 1.41 bits per heavy atom. The molecule has 2 rings (SSSR count). The Morgan fingerprint density at radius 3 is 2.82 bits per heavy atom. The lowest BCUT2D eigenvalue weighted by Gasteiger charge is -2.14. The van der Waals surface area contributed by atoms with E-state index in [2.05, 4.69) is 4.98 Å². The molecule has 0 saturated heterocycles. The zero-order valence-corrected chi connectivity index (χ0v) is 10.8. The minimum absolute atomic E-state index is 0.440. The highest BCUT2D eigenvalue weighted by atomic mass is 35.5. The SMILES string of the molecule is CCn1ccnc1C(O)c1ccc(Cl)cc1Cl. The van der Waals surface area contributed by atoms with Crippen LogP contribution < -0.4 is 0 Å². The first kappa shape index (κ1) is 12.4. The van der Waals surface area contributed by atoms with Crippen LogP contribution in [0.4, 0.5) is 0 Å². The molecule has 0 saturated carbocycles. The number of halogens is 2. The molecule has 0 spiro atoms. The van der Waals surface area contributed by atoms with Crippen molar-refractivity contribution >= 4 is 23.2 Å². The lowest BCUT2D eigenvalue weighted by Crippen LogP contribution is -2.09. The second-order valence-corrected chi connectivity index (χ2v) is 4.48. The summed E-state index contributed by atoms with van der Waals surface area (Å²) in [6.45, 7) is 2.74. The number of aromatic nitrogens is 2. The van der Waals surface area contributed by atoms with Gasteiger partial charge in [0.2, 0.25) is 0 Å². The van der Waals surface area contributed by atoms with Gasteiger partial charge in [0.05, 0.1) is 0 Å². The molecule has 1 aromatic heterocycles. The Kier molecular flexibility index (Phi) is 3.72. The largest absolute Gasteiger partial charge is 0.380 e. The lowest BCUT2D eigenvalue weighted by atomic mass is 10.1. The first-order valence-electron chi connectivity index (χ1n) is 5.27. The molecule has 1 atom stereocenters. The Balaban J connectivity index is 2.40. The summed E-state index contributed by atoms with van der Waals surface area (Å²) in [5.41, 5.74) is 0.608. The first-order chi connectivity index (χ1) is 8.13. The highest BCUT2D eigenvalue weighted by molar-refractivity contribution is 6.35. The van der Waals surface area contributed by atoms with E-state index in [1.165, 1.54) is 0 Å². The summed E-state index contributed by atoms with van der Waals surface area (Å²) in [4.78, 5) is 4.15. The molecule has 0 radical (unpaired) electrons. The Morgan fingerprint density at radius 2 is 2.18 bits per heavy atom. The summed E-state index contributed by atoms with van der Waals surface area (Å²) in [6.07, 6.45) is 2.64. The van der Waals surface area contributed by atoms with Gasteiger partial charge in [0.1, 0.15) is 11.9 Å². The van der Waals surface area contributed by atoms with Crippen molar-refractivity contribution in [1.29, 1.82) is 0 Å². The van der Waals surface area contributed by atoms with Gasteiger partial charge in [-0.05, 0) is 19.1 Å².